The first-order valence-electron chi connectivity index (χ1n) is 8.10. The largest absolute Gasteiger partial charge is 0.469 e. The van der Waals surface area contributed by atoms with E-state index in [2.05, 4.69) is 4.98 Å². The van der Waals surface area contributed by atoms with Crippen LogP contribution in [0.15, 0.2) is 46.9 Å². The summed E-state index contributed by atoms with van der Waals surface area (Å²) in [5.41, 5.74) is 2.74. The molecule has 2 aromatic carbocycles. The Bertz CT molecular complexity index is 1010. The SMILES string of the molecule is COC(=O)[C@@H]1CC(=O)N(c2cccc(-c3nc4cc(Cl)ccc4o3)c2)C1. The molecule has 7 heteroatoms. The molecule has 6 nitrogen and oxygen atoms in total. The number of nitrogens with zero attached hydrogens (tertiary/aromatic N) is 2. The maximum absolute atomic E-state index is 12.3. The summed E-state index contributed by atoms with van der Waals surface area (Å²) in [6.45, 7) is 0.304. The number of carbonyl (C=O) groups is 2. The van der Waals surface area contributed by atoms with Gasteiger partial charge in [-0.1, -0.05) is 17.7 Å². The van der Waals surface area contributed by atoms with Crippen LogP contribution in [0.2, 0.25) is 5.02 Å². The summed E-state index contributed by atoms with van der Waals surface area (Å²) in [6.07, 6.45) is 0.151. The molecule has 1 fully saturated rings. The molecule has 1 amide bonds. The van der Waals surface area contributed by atoms with E-state index in [0.29, 0.717) is 34.2 Å². The van der Waals surface area contributed by atoms with Gasteiger partial charge in [-0.15, -0.1) is 0 Å². The van der Waals surface area contributed by atoms with Crippen molar-refractivity contribution in [3.63, 3.8) is 0 Å². The first-order chi connectivity index (χ1) is 12.5. The van der Waals surface area contributed by atoms with Crippen molar-refractivity contribution < 1.29 is 18.7 Å². The third kappa shape index (κ3) is 2.93. The quantitative estimate of drug-likeness (QED) is 0.658. The van der Waals surface area contributed by atoms with Crippen molar-refractivity contribution in [2.75, 3.05) is 18.6 Å². The molecule has 0 aliphatic carbocycles. The molecule has 0 spiro atoms. The molecule has 0 unspecified atom stereocenters. The summed E-state index contributed by atoms with van der Waals surface area (Å²) in [7, 11) is 1.33. The lowest BCUT2D eigenvalue weighted by molar-refractivity contribution is -0.145. The van der Waals surface area contributed by atoms with Crippen LogP contribution in [0.25, 0.3) is 22.6 Å². The Kier molecular flexibility index (Phi) is 4.12. The zero-order valence-electron chi connectivity index (χ0n) is 13.9. The monoisotopic (exact) mass is 370 g/mol. The van der Waals surface area contributed by atoms with E-state index in [1.54, 1.807) is 23.1 Å². The summed E-state index contributed by atoms with van der Waals surface area (Å²) < 4.78 is 10.5. The minimum atomic E-state index is -0.442. The molecule has 0 saturated carbocycles. The van der Waals surface area contributed by atoms with Gasteiger partial charge in [-0.3, -0.25) is 9.59 Å². The second kappa shape index (κ2) is 6.46. The lowest BCUT2D eigenvalue weighted by Crippen LogP contribution is -2.26. The number of rotatable bonds is 3. The maximum Gasteiger partial charge on any atom is 0.311 e. The second-order valence-electron chi connectivity index (χ2n) is 6.11. The van der Waals surface area contributed by atoms with Crippen molar-refractivity contribution in [1.29, 1.82) is 0 Å². The average Bonchev–Trinajstić information content (AvgIpc) is 3.24. The topological polar surface area (TPSA) is 72.6 Å². The Morgan fingerprint density at radius 2 is 2.15 bits per heavy atom. The minimum Gasteiger partial charge on any atom is -0.469 e. The predicted molar refractivity (Wildman–Crippen MR) is 96.9 cm³/mol. The number of carbonyl (C=O) groups excluding carboxylic acids is 2. The number of oxazole rings is 1. The summed E-state index contributed by atoms with van der Waals surface area (Å²) in [5.74, 6) is -0.474. The zero-order valence-corrected chi connectivity index (χ0v) is 14.7. The smallest absolute Gasteiger partial charge is 0.311 e. The van der Waals surface area contributed by atoms with Crippen LogP contribution >= 0.6 is 11.6 Å². The third-order valence-electron chi connectivity index (χ3n) is 4.41. The molecule has 1 saturated heterocycles. The number of ether oxygens (including phenoxy) is 1. The molecule has 26 heavy (non-hydrogen) atoms. The Balaban J connectivity index is 1.66. The van der Waals surface area contributed by atoms with Crippen molar-refractivity contribution in [2.45, 2.75) is 6.42 Å². The first-order valence-corrected chi connectivity index (χ1v) is 8.47. The Morgan fingerprint density at radius 3 is 2.96 bits per heavy atom. The molecule has 0 N–H and O–H groups in total. The van der Waals surface area contributed by atoms with E-state index >= 15 is 0 Å². The number of benzene rings is 2. The standard InChI is InChI=1S/C19H15ClN2O4/c1-25-19(24)12-8-17(23)22(10-12)14-4-2-3-11(7-14)18-21-15-9-13(20)5-6-16(15)26-18/h2-7,9,12H,8,10H2,1H3/t12-/m1/s1. The van der Waals surface area contributed by atoms with E-state index in [4.69, 9.17) is 20.8 Å². The lowest BCUT2D eigenvalue weighted by Gasteiger charge is -2.16. The number of anilines is 1. The average molecular weight is 371 g/mol. The van der Waals surface area contributed by atoms with Crippen LogP contribution in [0.4, 0.5) is 5.69 Å². The fourth-order valence-corrected chi connectivity index (χ4v) is 3.28. The van der Waals surface area contributed by atoms with Crippen LogP contribution in [0, 0.1) is 5.92 Å². The normalized spacial score (nSPS) is 17.1. The van der Waals surface area contributed by atoms with Gasteiger partial charge in [-0.05, 0) is 36.4 Å². The number of halogens is 1. The summed E-state index contributed by atoms with van der Waals surface area (Å²) in [4.78, 5) is 30.1. The summed E-state index contributed by atoms with van der Waals surface area (Å²) in [5, 5.41) is 0.586. The van der Waals surface area contributed by atoms with Gasteiger partial charge in [0.15, 0.2) is 5.58 Å². The number of fused-ring (bicyclic) bond motifs is 1. The van der Waals surface area contributed by atoms with Crippen molar-refractivity contribution in [1.82, 2.24) is 4.98 Å². The molecule has 1 atom stereocenters. The van der Waals surface area contributed by atoms with Gasteiger partial charge in [0.2, 0.25) is 11.8 Å². The molecule has 0 radical (unpaired) electrons. The van der Waals surface area contributed by atoms with Crippen LogP contribution < -0.4 is 4.90 Å². The zero-order chi connectivity index (χ0) is 18.3. The van der Waals surface area contributed by atoms with E-state index in [9.17, 15) is 9.59 Å². The van der Waals surface area contributed by atoms with E-state index in [0.717, 1.165) is 5.56 Å². The van der Waals surface area contributed by atoms with E-state index in [-0.39, 0.29) is 18.3 Å². The molecule has 0 bridgehead atoms. The van der Waals surface area contributed by atoms with E-state index in [1.807, 2.05) is 24.3 Å². The van der Waals surface area contributed by atoms with Crippen molar-refractivity contribution in [3.05, 3.63) is 47.5 Å². The Labute approximate surface area is 154 Å². The fourth-order valence-electron chi connectivity index (χ4n) is 3.11. The highest BCUT2D eigenvalue weighted by atomic mass is 35.5. The van der Waals surface area contributed by atoms with Crippen molar-refractivity contribution in [3.8, 4) is 11.5 Å². The molecule has 3 aromatic rings. The molecule has 4 rings (SSSR count). The molecular weight excluding hydrogens is 356 g/mol. The van der Waals surface area contributed by atoms with Gasteiger partial charge in [0, 0.05) is 29.2 Å². The second-order valence-corrected chi connectivity index (χ2v) is 6.55. The highest BCUT2D eigenvalue weighted by molar-refractivity contribution is 6.31. The fraction of sp³-hybridized carbons (Fsp3) is 0.211. The number of aromatic nitrogens is 1. The van der Waals surface area contributed by atoms with Gasteiger partial charge in [-0.25, -0.2) is 4.98 Å². The first kappa shape index (κ1) is 16.6. The molecule has 1 aromatic heterocycles. The van der Waals surface area contributed by atoms with Gasteiger partial charge < -0.3 is 14.1 Å². The summed E-state index contributed by atoms with van der Waals surface area (Å²) in [6, 6.07) is 12.6. The highest BCUT2D eigenvalue weighted by Gasteiger charge is 2.35. The van der Waals surface area contributed by atoms with Crippen LogP contribution in [-0.2, 0) is 14.3 Å². The van der Waals surface area contributed by atoms with Crippen molar-refractivity contribution >= 4 is 40.3 Å². The number of methoxy groups -OCH3 is 1. The molecule has 1 aliphatic heterocycles. The summed E-state index contributed by atoms with van der Waals surface area (Å²) >= 11 is 5.99. The van der Waals surface area contributed by atoms with E-state index in [1.165, 1.54) is 7.11 Å². The van der Waals surface area contributed by atoms with Crippen LogP contribution in [0.5, 0.6) is 0 Å². The van der Waals surface area contributed by atoms with Gasteiger partial charge in [0.25, 0.3) is 0 Å². The van der Waals surface area contributed by atoms with E-state index < -0.39 is 5.92 Å². The molecular formula is C19H15ClN2O4. The molecule has 1 aliphatic rings. The Morgan fingerprint density at radius 1 is 1.31 bits per heavy atom. The Hall–Kier alpha value is -2.86. The van der Waals surface area contributed by atoms with Gasteiger partial charge in [0.05, 0.1) is 13.0 Å². The van der Waals surface area contributed by atoms with Crippen LogP contribution in [0.3, 0.4) is 0 Å². The minimum absolute atomic E-state index is 0.109. The van der Waals surface area contributed by atoms with Gasteiger partial charge >= 0.3 is 5.97 Å². The van der Waals surface area contributed by atoms with Crippen molar-refractivity contribution in [2.24, 2.45) is 5.92 Å². The number of hydrogen-bond acceptors (Lipinski definition) is 5. The third-order valence-corrected chi connectivity index (χ3v) is 4.65. The predicted octanol–water partition coefficient (Wildman–Crippen LogP) is 3.67. The lowest BCUT2D eigenvalue weighted by atomic mass is 10.1. The number of esters is 1. The van der Waals surface area contributed by atoms with Gasteiger partial charge in [-0.2, -0.15) is 0 Å². The highest BCUT2D eigenvalue weighted by Crippen LogP contribution is 2.31. The molecule has 2 heterocycles. The molecule has 132 valence electrons. The number of hydrogen-bond donors (Lipinski definition) is 0. The van der Waals surface area contributed by atoms with Crippen LogP contribution in [0.1, 0.15) is 6.42 Å². The maximum atomic E-state index is 12.3. The number of amides is 1. The van der Waals surface area contributed by atoms with Gasteiger partial charge in [0.1, 0.15) is 5.52 Å². The van der Waals surface area contributed by atoms with Crippen LogP contribution in [-0.4, -0.2) is 30.5 Å².